The molecule has 124 valence electrons. The molecule has 0 bridgehead atoms. The van der Waals surface area contributed by atoms with Gasteiger partial charge in [0, 0.05) is 13.1 Å². The van der Waals surface area contributed by atoms with E-state index in [2.05, 4.69) is 31.8 Å². The van der Waals surface area contributed by atoms with E-state index in [-0.39, 0.29) is 11.2 Å². The largest absolute Gasteiger partial charge is 0.356 e. The van der Waals surface area contributed by atoms with Gasteiger partial charge in [-0.3, -0.25) is 9.78 Å². The number of rotatable bonds is 2. The monoisotopic (exact) mass is 326 g/mol. The number of anilines is 1. The van der Waals surface area contributed by atoms with Crippen LogP contribution in [0, 0.1) is 5.92 Å². The van der Waals surface area contributed by atoms with Crippen molar-refractivity contribution in [2.45, 2.75) is 19.8 Å². The molecule has 24 heavy (non-hydrogen) atoms. The molecule has 4 heterocycles. The first-order valence-electron chi connectivity index (χ1n) is 8.03. The second-order valence-corrected chi connectivity index (χ2v) is 6.26. The summed E-state index contributed by atoms with van der Waals surface area (Å²) in [6.45, 7) is 4.20. The minimum Gasteiger partial charge on any atom is -0.356 e. The third-order valence-electron chi connectivity index (χ3n) is 4.46. The molecule has 0 amide bonds. The van der Waals surface area contributed by atoms with Gasteiger partial charge in [0.25, 0.3) is 5.56 Å². The summed E-state index contributed by atoms with van der Waals surface area (Å²) in [6, 6.07) is 3.61. The van der Waals surface area contributed by atoms with Crippen molar-refractivity contribution in [1.82, 2.24) is 24.5 Å². The minimum absolute atomic E-state index is 0.258. The molecular formula is C16H18N6O2. The lowest BCUT2D eigenvalue weighted by Crippen LogP contribution is -2.35. The number of nitrogens with zero attached hydrogens (tertiary/aromatic N) is 4. The van der Waals surface area contributed by atoms with Gasteiger partial charge >= 0.3 is 5.69 Å². The van der Waals surface area contributed by atoms with Crippen molar-refractivity contribution in [1.29, 1.82) is 0 Å². The zero-order chi connectivity index (χ0) is 16.7. The fourth-order valence-corrected chi connectivity index (χ4v) is 3.24. The molecule has 1 aliphatic rings. The number of aromatic amines is 2. The topological polar surface area (TPSA) is 99.7 Å². The number of fused-ring (bicyclic) bond motifs is 1. The van der Waals surface area contributed by atoms with E-state index >= 15 is 0 Å². The third-order valence-corrected chi connectivity index (χ3v) is 4.46. The lowest BCUT2D eigenvalue weighted by Gasteiger charge is -2.31. The van der Waals surface area contributed by atoms with Gasteiger partial charge in [0.15, 0.2) is 5.65 Å². The Balaban J connectivity index is 1.73. The van der Waals surface area contributed by atoms with Crippen LogP contribution in [0.1, 0.15) is 19.8 Å². The fraction of sp³-hybridized carbons (Fsp3) is 0.375. The van der Waals surface area contributed by atoms with Gasteiger partial charge < -0.3 is 9.88 Å². The van der Waals surface area contributed by atoms with E-state index in [4.69, 9.17) is 0 Å². The summed E-state index contributed by atoms with van der Waals surface area (Å²) in [6.07, 6.45) is 5.34. The summed E-state index contributed by atoms with van der Waals surface area (Å²) in [5.41, 5.74) is -0.00337. The quantitative estimate of drug-likeness (QED) is 0.733. The van der Waals surface area contributed by atoms with Crippen LogP contribution in [0.25, 0.3) is 16.9 Å². The number of hydrogen-bond acceptors (Lipinski definition) is 5. The van der Waals surface area contributed by atoms with Crippen LogP contribution < -0.4 is 16.1 Å². The van der Waals surface area contributed by atoms with Gasteiger partial charge in [-0.1, -0.05) is 6.92 Å². The van der Waals surface area contributed by atoms with Gasteiger partial charge in [-0.05, 0) is 30.9 Å². The van der Waals surface area contributed by atoms with E-state index in [0.29, 0.717) is 11.6 Å². The van der Waals surface area contributed by atoms with Gasteiger partial charge in [0.1, 0.15) is 11.3 Å². The number of hydrogen-bond donors (Lipinski definition) is 2. The molecule has 1 aliphatic heterocycles. The second-order valence-electron chi connectivity index (χ2n) is 6.26. The average molecular weight is 326 g/mol. The Labute approximate surface area is 137 Å². The van der Waals surface area contributed by atoms with Crippen molar-refractivity contribution < 1.29 is 0 Å². The maximum absolute atomic E-state index is 12.5. The molecule has 0 aliphatic carbocycles. The van der Waals surface area contributed by atoms with Crippen LogP contribution in [-0.4, -0.2) is 37.6 Å². The number of imidazole rings is 1. The summed E-state index contributed by atoms with van der Waals surface area (Å²) in [7, 11) is 0. The van der Waals surface area contributed by atoms with Crippen LogP contribution in [0.4, 0.5) is 5.82 Å². The second kappa shape index (κ2) is 5.63. The number of pyridine rings is 1. The molecule has 4 rings (SSSR count). The molecule has 1 saturated heterocycles. The van der Waals surface area contributed by atoms with E-state index in [1.807, 2.05) is 6.07 Å². The zero-order valence-electron chi connectivity index (χ0n) is 13.3. The van der Waals surface area contributed by atoms with Crippen molar-refractivity contribution in [3.05, 3.63) is 45.5 Å². The molecular weight excluding hydrogens is 308 g/mol. The lowest BCUT2D eigenvalue weighted by molar-refractivity contribution is 0.444. The normalized spacial score (nSPS) is 18.2. The van der Waals surface area contributed by atoms with Crippen molar-refractivity contribution in [3.63, 3.8) is 0 Å². The van der Waals surface area contributed by atoms with Crippen molar-refractivity contribution >= 4 is 17.0 Å². The molecule has 3 aromatic heterocycles. The van der Waals surface area contributed by atoms with E-state index < -0.39 is 11.2 Å². The SMILES string of the molecule is CC1CCCN(c2ccc(-n3c(=O)[nH]c4nc[nH]c4c3=O)cn2)C1. The van der Waals surface area contributed by atoms with Crippen molar-refractivity contribution in [2.75, 3.05) is 18.0 Å². The first-order valence-corrected chi connectivity index (χ1v) is 8.03. The summed E-state index contributed by atoms with van der Waals surface area (Å²) in [5, 5.41) is 0. The molecule has 1 unspecified atom stereocenters. The third kappa shape index (κ3) is 2.40. The molecule has 1 atom stereocenters. The minimum atomic E-state index is -0.527. The van der Waals surface area contributed by atoms with Crippen LogP contribution in [-0.2, 0) is 0 Å². The maximum Gasteiger partial charge on any atom is 0.334 e. The molecule has 8 nitrogen and oxygen atoms in total. The van der Waals surface area contributed by atoms with E-state index in [1.54, 1.807) is 12.3 Å². The van der Waals surface area contributed by atoms with Gasteiger partial charge in [-0.15, -0.1) is 0 Å². The highest BCUT2D eigenvalue weighted by molar-refractivity contribution is 5.68. The summed E-state index contributed by atoms with van der Waals surface area (Å²) in [5.74, 6) is 1.52. The lowest BCUT2D eigenvalue weighted by atomic mass is 10.0. The van der Waals surface area contributed by atoms with E-state index in [9.17, 15) is 9.59 Å². The molecule has 3 aromatic rings. The van der Waals surface area contributed by atoms with Crippen LogP contribution in [0.15, 0.2) is 34.2 Å². The van der Waals surface area contributed by atoms with Gasteiger partial charge in [-0.25, -0.2) is 19.3 Å². The highest BCUT2D eigenvalue weighted by Crippen LogP contribution is 2.21. The predicted molar refractivity (Wildman–Crippen MR) is 90.7 cm³/mol. The predicted octanol–water partition coefficient (Wildman–Crippen LogP) is 1.03. The maximum atomic E-state index is 12.5. The molecule has 0 radical (unpaired) electrons. The first kappa shape index (κ1) is 14.7. The van der Waals surface area contributed by atoms with Gasteiger partial charge in [0.05, 0.1) is 18.2 Å². The van der Waals surface area contributed by atoms with Crippen molar-refractivity contribution in [2.24, 2.45) is 5.92 Å². The Kier molecular flexibility index (Phi) is 3.44. The molecule has 0 spiro atoms. The van der Waals surface area contributed by atoms with Crippen LogP contribution in [0.5, 0.6) is 0 Å². The molecule has 1 fully saturated rings. The number of aromatic nitrogens is 5. The Hall–Kier alpha value is -2.90. The van der Waals surface area contributed by atoms with E-state index in [0.717, 1.165) is 29.9 Å². The molecule has 0 aromatic carbocycles. The standard InChI is InChI=1S/C16H18N6O2/c1-10-3-2-6-21(8-10)12-5-4-11(7-17-12)22-15(23)13-14(19-9-18-13)20-16(22)24/h4-5,7,9-10H,2-3,6,8H2,1H3,(H,18,19)(H,20,24). The summed E-state index contributed by atoms with van der Waals surface area (Å²) < 4.78 is 1.07. The Bertz CT molecular complexity index is 984. The molecule has 2 N–H and O–H groups in total. The first-order chi connectivity index (χ1) is 11.6. The smallest absolute Gasteiger partial charge is 0.334 e. The Morgan fingerprint density at radius 2 is 2.12 bits per heavy atom. The number of H-pyrrole nitrogens is 2. The fourth-order valence-electron chi connectivity index (χ4n) is 3.24. The summed E-state index contributed by atoms with van der Waals surface area (Å²) >= 11 is 0. The Morgan fingerprint density at radius 1 is 1.25 bits per heavy atom. The van der Waals surface area contributed by atoms with Crippen LogP contribution in [0.2, 0.25) is 0 Å². The molecule has 8 heteroatoms. The highest BCUT2D eigenvalue weighted by atomic mass is 16.2. The van der Waals surface area contributed by atoms with E-state index in [1.165, 1.54) is 12.7 Å². The highest BCUT2D eigenvalue weighted by Gasteiger charge is 2.18. The number of piperidine rings is 1. The van der Waals surface area contributed by atoms with Gasteiger partial charge in [0.2, 0.25) is 0 Å². The summed E-state index contributed by atoms with van der Waals surface area (Å²) in [4.78, 5) is 40.6. The van der Waals surface area contributed by atoms with Gasteiger partial charge in [-0.2, -0.15) is 0 Å². The zero-order valence-corrected chi connectivity index (χ0v) is 13.3. The van der Waals surface area contributed by atoms with Crippen molar-refractivity contribution in [3.8, 4) is 5.69 Å². The Morgan fingerprint density at radius 3 is 2.88 bits per heavy atom. The van der Waals surface area contributed by atoms with Crippen LogP contribution in [0.3, 0.4) is 0 Å². The molecule has 0 saturated carbocycles. The van der Waals surface area contributed by atoms with Crippen LogP contribution >= 0.6 is 0 Å². The average Bonchev–Trinajstić information content (AvgIpc) is 3.04. The number of nitrogens with one attached hydrogen (secondary N) is 2.